The van der Waals surface area contributed by atoms with Gasteiger partial charge < -0.3 is 10.3 Å². The minimum absolute atomic E-state index is 0.00829. The molecule has 0 heterocycles. The minimum atomic E-state index is -0.627. The Morgan fingerprint density at radius 2 is 2.14 bits per heavy atom. The first-order chi connectivity index (χ1) is 6.50. The van der Waals surface area contributed by atoms with Crippen LogP contribution in [0, 0.1) is 10.1 Å². The lowest BCUT2D eigenvalue weighted by molar-refractivity contribution is -0.384. The van der Waals surface area contributed by atoms with E-state index in [2.05, 4.69) is 0 Å². The van der Waals surface area contributed by atoms with Gasteiger partial charge >= 0.3 is 0 Å². The monoisotopic (exact) mass is 214 g/mol. The average Bonchev–Trinajstić information content (AvgIpc) is 2.07. The molecule has 1 aromatic rings. The van der Waals surface area contributed by atoms with Gasteiger partial charge in [-0.3, -0.25) is 10.1 Å². The fraction of sp³-hybridized carbons (Fsp3) is 0.250. The van der Waals surface area contributed by atoms with E-state index in [1.807, 2.05) is 13.3 Å². The van der Waals surface area contributed by atoms with Crippen molar-refractivity contribution >= 4 is 19.5 Å². The van der Waals surface area contributed by atoms with E-state index in [1.165, 1.54) is 18.2 Å². The summed E-state index contributed by atoms with van der Waals surface area (Å²) >= 11 is 0. The normalized spacial score (nSPS) is 10.2. The summed E-state index contributed by atoms with van der Waals surface area (Å²) in [5, 5.41) is 10.5. The molecule has 0 aliphatic heterocycles. The zero-order valence-corrected chi connectivity index (χ0v) is 8.82. The summed E-state index contributed by atoms with van der Waals surface area (Å²) in [5.74, 6) is 0.385. The molecular weight excluding hydrogens is 203 g/mol. The molecule has 0 bridgehead atoms. The Morgan fingerprint density at radius 3 is 2.64 bits per heavy atom. The summed E-state index contributed by atoms with van der Waals surface area (Å²) in [6, 6.07) is 4.18. The number of benzene rings is 1. The quantitative estimate of drug-likeness (QED) is 0.362. The topological polar surface area (TPSA) is 78.4 Å². The third-order valence-corrected chi connectivity index (χ3v) is 2.05. The van der Waals surface area contributed by atoms with Crippen LogP contribution in [0.1, 0.15) is 0 Å². The molecule has 0 aromatic heterocycles. The maximum Gasteiger partial charge on any atom is 0.273 e. The van der Waals surface area contributed by atoms with Gasteiger partial charge in [-0.2, -0.15) is 0 Å². The van der Waals surface area contributed by atoms with Crippen molar-refractivity contribution in [1.29, 1.82) is 0 Å². The second-order valence-electron chi connectivity index (χ2n) is 2.88. The fourth-order valence-electron chi connectivity index (χ4n) is 0.912. The number of nitro groups is 1. The lowest BCUT2D eigenvalue weighted by atomic mass is 10.3. The van der Waals surface area contributed by atoms with Gasteiger partial charge in [-0.25, -0.2) is 0 Å². The average molecular weight is 214 g/mol. The Bertz CT molecular complexity index is 354. The van der Waals surface area contributed by atoms with Crippen molar-refractivity contribution in [3.63, 3.8) is 0 Å². The first-order valence-electron chi connectivity index (χ1n) is 3.90. The van der Waals surface area contributed by atoms with E-state index in [0.29, 0.717) is 11.4 Å². The number of hydrogen-bond acceptors (Lipinski definition) is 4. The maximum atomic E-state index is 10.5. The van der Waals surface area contributed by atoms with E-state index in [9.17, 15) is 10.1 Å². The van der Waals surface area contributed by atoms with Crippen LogP contribution in [-0.4, -0.2) is 18.3 Å². The molecule has 0 unspecified atom stereocenters. The molecule has 5 nitrogen and oxygen atoms in total. The number of nitro benzene ring substituents is 1. The van der Waals surface area contributed by atoms with E-state index in [1.54, 1.807) is 0 Å². The highest BCUT2D eigenvalue weighted by Crippen LogP contribution is 2.35. The van der Waals surface area contributed by atoms with Crippen molar-refractivity contribution < 1.29 is 9.45 Å². The number of nitrogen functional groups attached to an aromatic ring is 1. The largest absolute Gasteiger partial charge is 0.472 e. The first-order valence-corrected chi connectivity index (χ1v) is 6.05. The van der Waals surface area contributed by atoms with Gasteiger partial charge in [-0.05, 0) is 19.4 Å². The SMILES string of the molecule is CP(C)Oc1cc([N+](=O)[O-])ccc1N. The van der Waals surface area contributed by atoms with Crippen LogP contribution in [0.3, 0.4) is 0 Å². The van der Waals surface area contributed by atoms with Gasteiger partial charge in [0.05, 0.1) is 24.8 Å². The van der Waals surface area contributed by atoms with E-state index >= 15 is 0 Å². The van der Waals surface area contributed by atoms with Crippen LogP contribution >= 0.6 is 8.15 Å². The van der Waals surface area contributed by atoms with Gasteiger partial charge in [0.2, 0.25) is 0 Å². The summed E-state index contributed by atoms with van der Waals surface area (Å²) in [5.41, 5.74) is 6.02. The van der Waals surface area contributed by atoms with Crippen molar-refractivity contribution in [1.82, 2.24) is 0 Å². The van der Waals surface area contributed by atoms with Crippen molar-refractivity contribution in [2.75, 3.05) is 19.1 Å². The van der Waals surface area contributed by atoms with Crippen molar-refractivity contribution in [2.45, 2.75) is 0 Å². The molecule has 0 radical (unpaired) electrons. The molecule has 76 valence electrons. The van der Waals surface area contributed by atoms with Crippen LogP contribution in [0.25, 0.3) is 0 Å². The molecule has 0 amide bonds. The van der Waals surface area contributed by atoms with Crippen LogP contribution in [0.2, 0.25) is 0 Å². The predicted molar refractivity (Wildman–Crippen MR) is 56.9 cm³/mol. The Morgan fingerprint density at radius 1 is 1.50 bits per heavy atom. The van der Waals surface area contributed by atoms with Gasteiger partial charge in [0, 0.05) is 6.07 Å². The summed E-state index contributed by atoms with van der Waals surface area (Å²) < 4.78 is 5.37. The molecule has 0 fully saturated rings. The van der Waals surface area contributed by atoms with Crippen LogP contribution in [0.5, 0.6) is 5.75 Å². The number of non-ortho nitro benzene ring substituents is 1. The second-order valence-corrected chi connectivity index (χ2v) is 4.69. The molecule has 0 aliphatic carbocycles. The standard InChI is InChI=1S/C8H11N2O3P/c1-14(2)13-8-5-6(10(11)12)3-4-7(8)9/h3-5H,9H2,1-2H3. The molecule has 1 aromatic carbocycles. The van der Waals surface area contributed by atoms with E-state index in [4.69, 9.17) is 10.3 Å². The number of nitrogens with two attached hydrogens (primary N) is 1. The molecule has 0 saturated heterocycles. The van der Waals surface area contributed by atoms with Crippen LogP contribution < -0.4 is 10.3 Å². The molecule has 0 saturated carbocycles. The highest BCUT2D eigenvalue weighted by molar-refractivity contribution is 7.51. The van der Waals surface area contributed by atoms with Gasteiger partial charge in [0.25, 0.3) is 5.69 Å². The third kappa shape index (κ3) is 2.57. The minimum Gasteiger partial charge on any atom is -0.472 e. The molecule has 6 heteroatoms. The zero-order chi connectivity index (χ0) is 10.7. The van der Waals surface area contributed by atoms with Crippen LogP contribution in [-0.2, 0) is 0 Å². The molecule has 2 N–H and O–H groups in total. The summed E-state index contributed by atoms with van der Waals surface area (Å²) in [6.07, 6.45) is 0. The molecular formula is C8H11N2O3P. The van der Waals surface area contributed by atoms with Gasteiger partial charge in [-0.1, -0.05) is 0 Å². The number of rotatable bonds is 3. The van der Waals surface area contributed by atoms with Gasteiger partial charge in [0.15, 0.2) is 5.75 Å². The van der Waals surface area contributed by atoms with Gasteiger partial charge in [-0.15, -0.1) is 0 Å². The summed E-state index contributed by atoms with van der Waals surface area (Å²) in [7, 11) is -0.627. The van der Waals surface area contributed by atoms with E-state index in [-0.39, 0.29) is 5.69 Å². The fourth-order valence-corrected chi connectivity index (χ4v) is 1.46. The molecule has 0 atom stereocenters. The van der Waals surface area contributed by atoms with E-state index in [0.717, 1.165) is 0 Å². The van der Waals surface area contributed by atoms with E-state index < -0.39 is 13.1 Å². The molecule has 0 aliphatic rings. The lowest BCUT2D eigenvalue weighted by Gasteiger charge is -2.10. The highest BCUT2D eigenvalue weighted by Gasteiger charge is 2.10. The Kier molecular flexibility index (Phi) is 3.25. The highest BCUT2D eigenvalue weighted by atomic mass is 31.1. The van der Waals surface area contributed by atoms with Crippen LogP contribution in [0.15, 0.2) is 18.2 Å². The zero-order valence-electron chi connectivity index (χ0n) is 7.93. The Balaban J connectivity index is 3.02. The Labute approximate surface area is 82.9 Å². The first kappa shape index (κ1) is 10.7. The van der Waals surface area contributed by atoms with Gasteiger partial charge in [0.1, 0.15) is 0 Å². The van der Waals surface area contributed by atoms with Crippen molar-refractivity contribution in [3.05, 3.63) is 28.3 Å². The molecule has 1 rings (SSSR count). The predicted octanol–water partition coefficient (Wildman–Crippen LogP) is 2.21. The number of anilines is 1. The van der Waals surface area contributed by atoms with Crippen LogP contribution in [0.4, 0.5) is 11.4 Å². The second kappa shape index (κ2) is 4.24. The molecule has 14 heavy (non-hydrogen) atoms. The summed E-state index contributed by atoms with van der Waals surface area (Å²) in [4.78, 5) is 9.99. The maximum absolute atomic E-state index is 10.5. The smallest absolute Gasteiger partial charge is 0.273 e. The van der Waals surface area contributed by atoms with Crippen molar-refractivity contribution in [2.24, 2.45) is 0 Å². The lowest BCUT2D eigenvalue weighted by Crippen LogP contribution is -1.94. The third-order valence-electron chi connectivity index (χ3n) is 1.49. The number of hydrogen-bond donors (Lipinski definition) is 1. The van der Waals surface area contributed by atoms with Crippen molar-refractivity contribution in [3.8, 4) is 5.75 Å². The summed E-state index contributed by atoms with van der Waals surface area (Å²) in [6.45, 7) is 3.79. The molecule has 0 spiro atoms. The Hall–Kier alpha value is -1.35. The number of nitrogens with zero attached hydrogens (tertiary/aromatic N) is 1.